The van der Waals surface area contributed by atoms with Crippen molar-refractivity contribution in [1.29, 1.82) is 0 Å². The van der Waals surface area contributed by atoms with Crippen LogP contribution in [-0.2, 0) is 0 Å². The molecule has 2 aromatic heterocycles. The molecule has 0 fully saturated rings. The SMILES string of the molecule is C=C(C)c1cc(-c2cccs2)on1. The molecule has 2 rings (SSSR count). The second-order valence-corrected chi connectivity index (χ2v) is 3.78. The van der Waals surface area contributed by atoms with Crippen LogP contribution in [-0.4, -0.2) is 5.16 Å². The van der Waals surface area contributed by atoms with Crippen LogP contribution < -0.4 is 0 Å². The van der Waals surface area contributed by atoms with Gasteiger partial charge < -0.3 is 4.52 Å². The van der Waals surface area contributed by atoms with Crippen LogP contribution in [0.25, 0.3) is 16.2 Å². The molecule has 2 aromatic rings. The standard InChI is InChI=1S/C10H9NOS/c1-7(2)8-6-9(12-11-8)10-4-3-5-13-10/h3-6H,1H2,2H3. The van der Waals surface area contributed by atoms with Crippen LogP contribution in [0.15, 0.2) is 34.7 Å². The highest BCUT2D eigenvalue weighted by molar-refractivity contribution is 7.13. The summed E-state index contributed by atoms with van der Waals surface area (Å²) in [5.41, 5.74) is 1.75. The highest BCUT2D eigenvalue weighted by Crippen LogP contribution is 2.26. The lowest BCUT2D eigenvalue weighted by Gasteiger charge is -1.84. The molecule has 0 atom stereocenters. The van der Waals surface area contributed by atoms with E-state index in [0.717, 1.165) is 21.9 Å². The molecule has 0 amide bonds. The van der Waals surface area contributed by atoms with Gasteiger partial charge in [0.1, 0.15) is 5.69 Å². The van der Waals surface area contributed by atoms with Crippen LogP contribution in [0.2, 0.25) is 0 Å². The quantitative estimate of drug-likeness (QED) is 0.726. The van der Waals surface area contributed by atoms with E-state index in [2.05, 4.69) is 11.7 Å². The van der Waals surface area contributed by atoms with Gasteiger partial charge in [-0.2, -0.15) is 0 Å². The monoisotopic (exact) mass is 191 g/mol. The molecule has 0 bridgehead atoms. The molecule has 0 saturated carbocycles. The molecule has 0 radical (unpaired) electrons. The van der Waals surface area contributed by atoms with Gasteiger partial charge >= 0.3 is 0 Å². The number of thiophene rings is 1. The van der Waals surface area contributed by atoms with Crippen molar-refractivity contribution < 1.29 is 4.52 Å². The average Bonchev–Trinajstić information content (AvgIpc) is 2.75. The molecule has 0 aliphatic carbocycles. The zero-order valence-electron chi connectivity index (χ0n) is 7.28. The van der Waals surface area contributed by atoms with Crippen LogP contribution in [0.3, 0.4) is 0 Å². The summed E-state index contributed by atoms with van der Waals surface area (Å²) < 4.78 is 5.17. The van der Waals surface area contributed by atoms with Gasteiger partial charge in [-0.3, -0.25) is 0 Å². The van der Waals surface area contributed by atoms with E-state index in [1.54, 1.807) is 11.3 Å². The van der Waals surface area contributed by atoms with Crippen LogP contribution in [0.4, 0.5) is 0 Å². The first kappa shape index (κ1) is 8.26. The summed E-state index contributed by atoms with van der Waals surface area (Å²) in [7, 11) is 0. The van der Waals surface area contributed by atoms with Gasteiger partial charge in [-0.1, -0.05) is 17.8 Å². The molecule has 0 N–H and O–H groups in total. The fourth-order valence-corrected chi connectivity index (χ4v) is 1.68. The van der Waals surface area contributed by atoms with Gasteiger partial charge in [0.2, 0.25) is 0 Å². The normalized spacial score (nSPS) is 10.2. The van der Waals surface area contributed by atoms with Gasteiger partial charge in [-0.25, -0.2) is 0 Å². The Morgan fingerprint density at radius 3 is 3.00 bits per heavy atom. The van der Waals surface area contributed by atoms with Crippen LogP contribution in [0, 0.1) is 0 Å². The predicted molar refractivity (Wildman–Crippen MR) is 54.5 cm³/mol. The topological polar surface area (TPSA) is 26.0 Å². The molecule has 2 heterocycles. The fourth-order valence-electron chi connectivity index (χ4n) is 1.01. The van der Waals surface area contributed by atoms with Crippen molar-refractivity contribution in [3.63, 3.8) is 0 Å². The number of allylic oxidation sites excluding steroid dienone is 1. The van der Waals surface area contributed by atoms with Gasteiger partial charge in [0.05, 0.1) is 4.88 Å². The lowest BCUT2D eigenvalue weighted by atomic mass is 10.2. The van der Waals surface area contributed by atoms with Gasteiger partial charge in [0, 0.05) is 6.07 Å². The summed E-state index contributed by atoms with van der Waals surface area (Å²) in [6.07, 6.45) is 0. The number of hydrogen-bond donors (Lipinski definition) is 0. The minimum absolute atomic E-state index is 0.813. The number of hydrogen-bond acceptors (Lipinski definition) is 3. The van der Waals surface area contributed by atoms with Gasteiger partial charge in [-0.15, -0.1) is 11.3 Å². The Labute approximate surface area is 80.5 Å². The maximum atomic E-state index is 5.17. The molecule has 0 aromatic carbocycles. The first-order valence-electron chi connectivity index (χ1n) is 3.94. The molecule has 0 spiro atoms. The highest BCUT2D eigenvalue weighted by atomic mass is 32.1. The molecule has 2 nitrogen and oxygen atoms in total. The van der Waals surface area contributed by atoms with Gasteiger partial charge in [0.15, 0.2) is 5.76 Å². The number of rotatable bonds is 2. The zero-order chi connectivity index (χ0) is 9.26. The highest BCUT2D eigenvalue weighted by Gasteiger charge is 2.06. The van der Waals surface area contributed by atoms with Crippen molar-refractivity contribution in [2.45, 2.75) is 6.92 Å². The molecular formula is C10H9NOS. The van der Waals surface area contributed by atoms with E-state index in [-0.39, 0.29) is 0 Å². The Bertz CT molecular complexity index is 414. The summed E-state index contributed by atoms with van der Waals surface area (Å²) in [6.45, 7) is 5.71. The molecule has 0 unspecified atom stereocenters. The summed E-state index contributed by atoms with van der Waals surface area (Å²) in [5, 5.41) is 5.92. The molecule has 13 heavy (non-hydrogen) atoms. The van der Waals surface area contributed by atoms with Crippen molar-refractivity contribution in [3.8, 4) is 10.6 Å². The predicted octanol–water partition coefficient (Wildman–Crippen LogP) is 3.44. The van der Waals surface area contributed by atoms with E-state index in [0.29, 0.717) is 0 Å². The lowest BCUT2D eigenvalue weighted by Crippen LogP contribution is -1.72. The van der Waals surface area contributed by atoms with Crippen molar-refractivity contribution in [1.82, 2.24) is 5.16 Å². The number of aromatic nitrogens is 1. The van der Waals surface area contributed by atoms with E-state index in [4.69, 9.17) is 4.52 Å². The van der Waals surface area contributed by atoms with E-state index in [1.807, 2.05) is 30.5 Å². The third-order valence-electron chi connectivity index (χ3n) is 1.71. The molecule has 0 saturated heterocycles. The smallest absolute Gasteiger partial charge is 0.177 e. The summed E-state index contributed by atoms with van der Waals surface area (Å²) >= 11 is 1.64. The van der Waals surface area contributed by atoms with E-state index in [9.17, 15) is 0 Å². The molecule has 66 valence electrons. The maximum absolute atomic E-state index is 5.17. The molecule has 0 aliphatic heterocycles. The summed E-state index contributed by atoms with van der Waals surface area (Å²) in [6, 6.07) is 5.91. The minimum Gasteiger partial charge on any atom is -0.355 e. The Morgan fingerprint density at radius 2 is 2.46 bits per heavy atom. The maximum Gasteiger partial charge on any atom is 0.177 e. The first-order valence-corrected chi connectivity index (χ1v) is 4.82. The molecule has 0 aliphatic rings. The molecular weight excluding hydrogens is 182 g/mol. The van der Waals surface area contributed by atoms with Crippen molar-refractivity contribution >= 4 is 16.9 Å². The second-order valence-electron chi connectivity index (χ2n) is 2.83. The van der Waals surface area contributed by atoms with Crippen LogP contribution in [0.5, 0.6) is 0 Å². The third kappa shape index (κ3) is 1.55. The van der Waals surface area contributed by atoms with E-state index >= 15 is 0 Å². The van der Waals surface area contributed by atoms with Crippen LogP contribution >= 0.6 is 11.3 Å². The van der Waals surface area contributed by atoms with Gasteiger partial charge in [-0.05, 0) is 23.9 Å². The van der Waals surface area contributed by atoms with Crippen LogP contribution in [0.1, 0.15) is 12.6 Å². The van der Waals surface area contributed by atoms with E-state index < -0.39 is 0 Å². The zero-order valence-corrected chi connectivity index (χ0v) is 8.10. The average molecular weight is 191 g/mol. The first-order chi connectivity index (χ1) is 6.27. The van der Waals surface area contributed by atoms with E-state index in [1.165, 1.54) is 0 Å². The largest absolute Gasteiger partial charge is 0.355 e. The summed E-state index contributed by atoms with van der Waals surface area (Å²) in [4.78, 5) is 1.10. The lowest BCUT2D eigenvalue weighted by molar-refractivity contribution is 0.431. The van der Waals surface area contributed by atoms with Crippen molar-refractivity contribution in [2.75, 3.05) is 0 Å². The van der Waals surface area contributed by atoms with Crippen molar-refractivity contribution in [2.24, 2.45) is 0 Å². The minimum atomic E-state index is 0.813. The Hall–Kier alpha value is -1.35. The molecule has 3 heteroatoms. The third-order valence-corrected chi connectivity index (χ3v) is 2.60. The second kappa shape index (κ2) is 3.18. The summed E-state index contributed by atoms with van der Waals surface area (Å²) in [5.74, 6) is 0.813. The van der Waals surface area contributed by atoms with Crippen molar-refractivity contribution in [3.05, 3.63) is 35.9 Å². The Balaban J connectivity index is 2.39. The van der Waals surface area contributed by atoms with Gasteiger partial charge in [0.25, 0.3) is 0 Å². The Morgan fingerprint density at radius 1 is 1.62 bits per heavy atom. The Kier molecular flexibility index (Phi) is 2.02. The number of nitrogens with zero attached hydrogens (tertiary/aromatic N) is 1. The fraction of sp³-hybridized carbons (Fsp3) is 0.100.